The fourth-order valence-corrected chi connectivity index (χ4v) is 2.45. The average Bonchev–Trinajstić information content (AvgIpc) is 2.74. The summed E-state index contributed by atoms with van der Waals surface area (Å²) in [6.07, 6.45) is 0. The van der Waals surface area contributed by atoms with Gasteiger partial charge in [0.2, 0.25) is 5.91 Å². The third-order valence-electron chi connectivity index (χ3n) is 3.27. The Balaban J connectivity index is 1.91. The van der Waals surface area contributed by atoms with E-state index in [4.69, 9.17) is 11.6 Å². The van der Waals surface area contributed by atoms with Crippen molar-refractivity contribution >= 4 is 23.3 Å². The number of hydrogen-bond acceptors (Lipinski definition) is 3. The summed E-state index contributed by atoms with van der Waals surface area (Å²) in [5.74, 6) is 0.0649. The zero-order valence-electron chi connectivity index (χ0n) is 12.7. The van der Waals surface area contributed by atoms with Gasteiger partial charge in [-0.25, -0.2) is 4.39 Å². The maximum Gasteiger partial charge on any atom is 0.239 e. The number of benzene rings is 1. The number of carbonyl (C=O) groups excluding carboxylic acids is 1. The zero-order chi connectivity index (χ0) is 16.3. The van der Waals surface area contributed by atoms with E-state index < -0.39 is 0 Å². The third kappa shape index (κ3) is 4.05. The summed E-state index contributed by atoms with van der Waals surface area (Å²) < 4.78 is 14.6. The number of nitrogens with zero attached hydrogens (tertiary/aromatic N) is 2. The number of aromatic nitrogens is 2. The maximum atomic E-state index is 13.0. The van der Waals surface area contributed by atoms with Crippen molar-refractivity contribution in [1.29, 1.82) is 0 Å². The number of anilines is 1. The van der Waals surface area contributed by atoms with Crippen molar-refractivity contribution in [3.8, 4) is 0 Å². The van der Waals surface area contributed by atoms with Crippen molar-refractivity contribution in [2.24, 2.45) is 7.05 Å². The molecule has 2 N–H and O–H groups in total. The summed E-state index contributed by atoms with van der Waals surface area (Å²) in [7, 11) is 1.76. The van der Waals surface area contributed by atoms with E-state index in [2.05, 4.69) is 15.7 Å². The third-order valence-corrected chi connectivity index (χ3v) is 3.59. The number of aryl methyl sites for hydroxylation is 2. The van der Waals surface area contributed by atoms with Crippen molar-refractivity contribution in [2.45, 2.75) is 19.9 Å². The number of nitrogens with one attached hydrogen (secondary N) is 2. The van der Waals surface area contributed by atoms with Gasteiger partial charge in [0, 0.05) is 24.2 Å². The van der Waals surface area contributed by atoms with E-state index in [0.717, 1.165) is 11.3 Å². The molecule has 7 heteroatoms. The van der Waals surface area contributed by atoms with E-state index in [-0.39, 0.29) is 24.3 Å². The lowest BCUT2D eigenvalue weighted by Crippen LogP contribution is -2.30. The highest BCUT2D eigenvalue weighted by atomic mass is 35.5. The molecule has 2 rings (SSSR count). The number of carbonyl (C=O) groups is 1. The van der Waals surface area contributed by atoms with Crippen LogP contribution in [0.4, 0.5) is 10.2 Å². The summed E-state index contributed by atoms with van der Waals surface area (Å²) in [5.41, 5.74) is 1.57. The van der Waals surface area contributed by atoms with Gasteiger partial charge >= 0.3 is 0 Å². The maximum absolute atomic E-state index is 13.0. The molecule has 22 heavy (non-hydrogen) atoms. The number of rotatable bonds is 5. The van der Waals surface area contributed by atoms with Crippen LogP contribution < -0.4 is 10.6 Å². The second-order valence-corrected chi connectivity index (χ2v) is 5.52. The molecular weight excluding hydrogens is 307 g/mol. The predicted molar refractivity (Wildman–Crippen MR) is 84.4 cm³/mol. The van der Waals surface area contributed by atoms with Crippen molar-refractivity contribution in [3.63, 3.8) is 0 Å². The van der Waals surface area contributed by atoms with Gasteiger partial charge in [0.05, 0.1) is 12.2 Å². The Morgan fingerprint density at radius 2 is 2.18 bits per heavy atom. The largest absolute Gasteiger partial charge is 0.310 e. The Morgan fingerprint density at radius 1 is 1.45 bits per heavy atom. The molecule has 5 nitrogen and oxygen atoms in total. The van der Waals surface area contributed by atoms with Gasteiger partial charge in [-0.05, 0) is 31.5 Å². The molecule has 1 heterocycles. The molecule has 118 valence electrons. The number of hydrogen-bond donors (Lipinski definition) is 2. The summed E-state index contributed by atoms with van der Waals surface area (Å²) in [4.78, 5) is 11.9. The first-order valence-corrected chi connectivity index (χ1v) is 7.23. The minimum atomic E-state index is -0.384. The Labute approximate surface area is 133 Å². The predicted octanol–water partition coefficient (Wildman–Crippen LogP) is 2.81. The summed E-state index contributed by atoms with van der Waals surface area (Å²) in [6, 6.07) is 5.83. The van der Waals surface area contributed by atoms with E-state index in [1.54, 1.807) is 23.9 Å². The molecule has 0 unspecified atom stereocenters. The lowest BCUT2D eigenvalue weighted by Gasteiger charge is -2.15. The highest BCUT2D eigenvalue weighted by Crippen LogP contribution is 2.23. The van der Waals surface area contributed by atoms with Crippen molar-refractivity contribution in [2.75, 3.05) is 11.9 Å². The molecule has 1 aromatic heterocycles. The first-order valence-electron chi connectivity index (χ1n) is 6.85. The van der Waals surface area contributed by atoms with Gasteiger partial charge < -0.3 is 10.6 Å². The molecule has 0 aliphatic heterocycles. The zero-order valence-corrected chi connectivity index (χ0v) is 13.4. The fourth-order valence-electron chi connectivity index (χ4n) is 2.12. The summed E-state index contributed by atoms with van der Waals surface area (Å²) in [5, 5.41) is 10.3. The minimum absolute atomic E-state index is 0.110. The van der Waals surface area contributed by atoms with E-state index in [9.17, 15) is 9.18 Å². The van der Waals surface area contributed by atoms with Gasteiger partial charge in [0.25, 0.3) is 0 Å². The number of amides is 1. The fraction of sp³-hybridized carbons (Fsp3) is 0.333. The Kier molecular flexibility index (Phi) is 5.15. The van der Waals surface area contributed by atoms with Gasteiger partial charge in [-0.1, -0.05) is 17.7 Å². The average molecular weight is 325 g/mol. The van der Waals surface area contributed by atoms with Gasteiger partial charge in [-0.15, -0.1) is 0 Å². The van der Waals surface area contributed by atoms with Crippen LogP contribution in [0, 0.1) is 12.7 Å². The van der Waals surface area contributed by atoms with E-state index >= 15 is 0 Å². The van der Waals surface area contributed by atoms with Crippen molar-refractivity contribution in [3.05, 3.63) is 46.4 Å². The molecule has 1 aromatic carbocycles. The highest BCUT2D eigenvalue weighted by Gasteiger charge is 2.12. The van der Waals surface area contributed by atoms with Crippen LogP contribution in [-0.2, 0) is 11.8 Å². The van der Waals surface area contributed by atoms with Gasteiger partial charge in [-0.2, -0.15) is 5.10 Å². The standard InChI is InChI=1S/C15H18ClFN4O/c1-9-6-14(21(3)20-9)19-15(22)8-18-10(2)12-5-4-11(17)7-13(12)16/h4-7,10,18H,8H2,1-3H3,(H,19,22)/t10-/m0/s1. The van der Waals surface area contributed by atoms with Gasteiger partial charge in [0.15, 0.2) is 0 Å². The van der Waals surface area contributed by atoms with E-state index in [0.29, 0.717) is 10.8 Å². The molecule has 0 saturated carbocycles. The monoisotopic (exact) mass is 324 g/mol. The Bertz CT molecular complexity index is 686. The minimum Gasteiger partial charge on any atom is -0.310 e. The van der Waals surface area contributed by atoms with Crippen LogP contribution in [0.5, 0.6) is 0 Å². The molecule has 0 saturated heterocycles. The quantitative estimate of drug-likeness (QED) is 0.889. The van der Waals surface area contributed by atoms with Crippen molar-refractivity contribution < 1.29 is 9.18 Å². The topological polar surface area (TPSA) is 59.0 Å². The molecule has 0 aliphatic rings. The SMILES string of the molecule is Cc1cc(NC(=O)CN[C@@H](C)c2ccc(F)cc2Cl)n(C)n1. The summed E-state index contributed by atoms with van der Waals surface area (Å²) >= 11 is 6.00. The van der Waals surface area contributed by atoms with Crippen LogP contribution in [0.25, 0.3) is 0 Å². The second kappa shape index (κ2) is 6.89. The lowest BCUT2D eigenvalue weighted by molar-refractivity contribution is -0.115. The van der Waals surface area contributed by atoms with Crippen LogP contribution in [0.3, 0.4) is 0 Å². The molecule has 1 atom stereocenters. The normalized spacial score (nSPS) is 12.2. The first-order chi connectivity index (χ1) is 10.4. The van der Waals surface area contributed by atoms with Crippen LogP contribution in [0.15, 0.2) is 24.3 Å². The molecule has 0 aliphatic carbocycles. The molecule has 1 amide bonds. The van der Waals surface area contributed by atoms with Crippen LogP contribution in [0.2, 0.25) is 5.02 Å². The smallest absolute Gasteiger partial charge is 0.239 e. The van der Waals surface area contributed by atoms with Crippen LogP contribution in [0.1, 0.15) is 24.2 Å². The van der Waals surface area contributed by atoms with E-state index in [1.165, 1.54) is 12.1 Å². The Hall–Kier alpha value is -1.92. The molecule has 0 bridgehead atoms. The Morgan fingerprint density at radius 3 is 2.77 bits per heavy atom. The molecule has 2 aromatic rings. The van der Waals surface area contributed by atoms with Crippen molar-refractivity contribution in [1.82, 2.24) is 15.1 Å². The molecule has 0 fully saturated rings. The molecule has 0 spiro atoms. The second-order valence-electron chi connectivity index (χ2n) is 5.11. The van der Waals surface area contributed by atoms with Crippen LogP contribution >= 0.6 is 11.6 Å². The molecular formula is C15H18ClFN4O. The molecule has 0 radical (unpaired) electrons. The van der Waals surface area contributed by atoms with Crippen LogP contribution in [-0.4, -0.2) is 22.2 Å². The highest BCUT2D eigenvalue weighted by molar-refractivity contribution is 6.31. The summed E-state index contributed by atoms with van der Waals surface area (Å²) in [6.45, 7) is 3.83. The van der Waals surface area contributed by atoms with E-state index in [1.807, 2.05) is 13.8 Å². The van der Waals surface area contributed by atoms with Gasteiger partial charge in [-0.3, -0.25) is 9.48 Å². The first kappa shape index (κ1) is 16.5. The van der Waals surface area contributed by atoms with Gasteiger partial charge in [0.1, 0.15) is 11.6 Å². The lowest BCUT2D eigenvalue weighted by atomic mass is 10.1. The number of halogens is 2.